The number of aromatic nitrogens is 1. The topological polar surface area (TPSA) is 107 Å². The molecule has 240 valence electrons. The monoisotopic (exact) mass is 605 g/mol. The lowest BCUT2D eigenvalue weighted by molar-refractivity contribution is -0.272. The largest absolute Gasteiger partial charge is 0.353 e. The van der Waals surface area contributed by atoms with Gasteiger partial charge in [-0.15, -0.1) is 0 Å². The lowest BCUT2D eigenvalue weighted by atomic mass is 9.44. The van der Waals surface area contributed by atoms with Crippen LogP contribution in [0.15, 0.2) is 24.4 Å². The van der Waals surface area contributed by atoms with Gasteiger partial charge in [-0.25, -0.2) is 0 Å². The van der Waals surface area contributed by atoms with Gasteiger partial charge in [0.2, 0.25) is 11.8 Å². The van der Waals surface area contributed by atoms with Crippen molar-refractivity contribution in [2.24, 2.45) is 52.3 Å². The molecule has 0 aromatic carbocycles. The molecule has 6 fully saturated rings. The first-order chi connectivity index (χ1) is 21.0. The van der Waals surface area contributed by atoms with E-state index >= 15 is 0 Å². The molecule has 4 saturated carbocycles. The maximum absolute atomic E-state index is 14.3. The van der Waals surface area contributed by atoms with Crippen LogP contribution in [0.5, 0.6) is 0 Å². The van der Waals surface area contributed by atoms with Crippen molar-refractivity contribution in [1.29, 1.82) is 0 Å². The van der Waals surface area contributed by atoms with Gasteiger partial charge in [0.1, 0.15) is 12.2 Å². The van der Waals surface area contributed by atoms with Crippen molar-refractivity contribution in [3.05, 3.63) is 30.1 Å². The van der Waals surface area contributed by atoms with E-state index in [9.17, 15) is 14.4 Å². The maximum Gasteiger partial charge on any atom is 0.229 e. The number of ketones is 1. The minimum Gasteiger partial charge on any atom is -0.353 e. The molecule has 3 heterocycles. The van der Waals surface area contributed by atoms with E-state index in [4.69, 9.17) is 9.47 Å². The van der Waals surface area contributed by atoms with E-state index in [0.29, 0.717) is 48.3 Å². The smallest absolute Gasteiger partial charge is 0.229 e. The number of amides is 2. The normalized spacial score (nSPS) is 46.0. The maximum atomic E-state index is 14.3. The Hall–Kier alpha value is -2.32. The van der Waals surface area contributed by atoms with Crippen molar-refractivity contribution in [3.63, 3.8) is 0 Å². The number of pyridine rings is 1. The van der Waals surface area contributed by atoms with Gasteiger partial charge in [-0.05, 0) is 92.1 Å². The van der Waals surface area contributed by atoms with Crippen molar-refractivity contribution in [2.45, 2.75) is 116 Å². The zero-order valence-electron chi connectivity index (χ0n) is 27.0. The first-order valence-corrected chi connectivity index (χ1v) is 17.3. The number of nitrogens with zero attached hydrogens (tertiary/aromatic N) is 1. The fourth-order valence-corrected chi connectivity index (χ4v) is 11.3. The van der Waals surface area contributed by atoms with Gasteiger partial charge in [0, 0.05) is 42.3 Å². The van der Waals surface area contributed by atoms with Gasteiger partial charge >= 0.3 is 0 Å². The first kappa shape index (κ1) is 30.3. The molecule has 0 radical (unpaired) electrons. The van der Waals surface area contributed by atoms with E-state index in [1.807, 2.05) is 18.2 Å². The van der Waals surface area contributed by atoms with Gasteiger partial charge in [0.15, 0.2) is 5.79 Å². The molecule has 0 unspecified atom stereocenters. The summed E-state index contributed by atoms with van der Waals surface area (Å²) in [7, 11) is 0. The number of hydrogen-bond donors (Lipinski definition) is 2. The summed E-state index contributed by atoms with van der Waals surface area (Å²) in [5.41, 5.74) is 0.548. The van der Waals surface area contributed by atoms with Crippen molar-refractivity contribution in [2.75, 3.05) is 6.61 Å². The Morgan fingerprint density at radius 2 is 1.86 bits per heavy atom. The van der Waals surface area contributed by atoms with E-state index in [0.717, 1.165) is 63.7 Å². The molecule has 0 bridgehead atoms. The third kappa shape index (κ3) is 4.85. The van der Waals surface area contributed by atoms with E-state index in [2.05, 4.69) is 43.3 Å². The summed E-state index contributed by atoms with van der Waals surface area (Å²) in [6, 6.07) is 5.64. The average molecular weight is 606 g/mol. The van der Waals surface area contributed by atoms with Crippen LogP contribution in [0.2, 0.25) is 0 Å². The van der Waals surface area contributed by atoms with Crippen LogP contribution in [0.1, 0.15) is 97.6 Å². The third-order valence-electron chi connectivity index (χ3n) is 13.7. The highest BCUT2D eigenvalue weighted by atomic mass is 16.7. The Kier molecular flexibility index (Phi) is 7.71. The second-order valence-electron chi connectivity index (χ2n) is 15.9. The van der Waals surface area contributed by atoms with Gasteiger partial charge in [0.25, 0.3) is 0 Å². The molecule has 1 aromatic rings. The molecule has 2 amide bonds. The molecule has 2 saturated heterocycles. The number of hydrogen-bond acceptors (Lipinski definition) is 6. The van der Waals surface area contributed by atoms with Crippen molar-refractivity contribution < 1.29 is 23.9 Å². The standard InChI is InChI=1S/C36H51N3O5/c1-21-10-13-36(43-20-21)22(2)33-29(44-36)16-28-26-9-8-23-15-24(11-12-34(23,3)27(26)17-30(40)35(28,33)4)39-32(42)18-31(41)38-19-25-7-5-6-14-37-25/h5-7,14,21-24,26-29,33H,8-13,15-20H2,1-4H3,(H,38,41)(H,39,42)/t21-,22+,23+,24-,26-,27+,28+,29+,33+,34+,35-,36-/m1/s1. The summed E-state index contributed by atoms with van der Waals surface area (Å²) in [4.78, 5) is 43.8. The Bertz CT molecular complexity index is 1280. The molecule has 44 heavy (non-hydrogen) atoms. The second kappa shape index (κ2) is 11.2. The predicted molar refractivity (Wildman–Crippen MR) is 165 cm³/mol. The molecule has 2 aliphatic heterocycles. The molecule has 2 N–H and O–H groups in total. The molecule has 1 aromatic heterocycles. The molecular weight excluding hydrogens is 554 g/mol. The zero-order valence-corrected chi connectivity index (χ0v) is 27.0. The second-order valence-corrected chi connectivity index (χ2v) is 15.9. The lowest BCUT2D eigenvalue weighted by Gasteiger charge is -2.60. The average Bonchev–Trinajstić information content (AvgIpc) is 3.45. The van der Waals surface area contributed by atoms with E-state index < -0.39 is 5.79 Å². The highest BCUT2D eigenvalue weighted by molar-refractivity contribution is 5.96. The number of ether oxygens (including phenoxy) is 2. The molecule has 8 heteroatoms. The van der Waals surface area contributed by atoms with Crippen LogP contribution in [-0.4, -0.2) is 47.1 Å². The highest BCUT2D eigenvalue weighted by Gasteiger charge is 2.71. The summed E-state index contributed by atoms with van der Waals surface area (Å²) < 4.78 is 13.3. The van der Waals surface area contributed by atoms with Gasteiger partial charge in [-0.3, -0.25) is 19.4 Å². The SMILES string of the molecule is C[C@@H]1CC[C@@]2(OC1)O[C@H]1C[C@H]3[C@@H]4CC[C@H]5C[C@H](NC(=O)CC(=O)NCc6ccccn6)CC[C@]5(C)[C@H]4CC(=O)[C@]3(C)[C@H]1[C@@H]2C. The van der Waals surface area contributed by atoms with Crippen LogP contribution in [0.3, 0.4) is 0 Å². The highest BCUT2D eigenvalue weighted by Crippen LogP contribution is 2.70. The number of fused-ring (bicyclic) bond motifs is 7. The molecule has 4 aliphatic carbocycles. The summed E-state index contributed by atoms with van der Waals surface area (Å²) in [6.45, 7) is 10.3. The van der Waals surface area contributed by atoms with Crippen LogP contribution in [0.25, 0.3) is 0 Å². The first-order valence-electron chi connectivity index (χ1n) is 17.3. The third-order valence-corrected chi connectivity index (χ3v) is 13.7. The van der Waals surface area contributed by atoms with Gasteiger partial charge < -0.3 is 20.1 Å². The fourth-order valence-electron chi connectivity index (χ4n) is 11.3. The molecule has 8 nitrogen and oxygen atoms in total. The summed E-state index contributed by atoms with van der Waals surface area (Å²) in [5.74, 6) is 2.32. The fraction of sp³-hybridized carbons (Fsp3) is 0.778. The molecule has 7 rings (SSSR count). The van der Waals surface area contributed by atoms with Gasteiger partial charge in [0.05, 0.1) is 24.9 Å². The quantitative estimate of drug-likeness (QED) is 0.447. The van der Waals surface area contributed by atoms with E-state index in [-0.39, 0.29) is 53.0 Å². The van der Waals surface area contributed by atoms with Crippen LogP contribution < -0.4 is 10.6 Å². The minimum absolute atomic E-state index is 0.0831. The number of Topliss-reactive ketones (excluding diaryl/α,β-unsaturated/α-hetero) is 1. The lowest BCUT2D eigenvalue weighted by Crippen LogP contribution is -2.59. The van der Waals surface area contributed by atoms with Crippen molar-refractivity contribution >= 4 is 17.6 Å². The Morgan fingerprint density at radius 1 is 1.02 bits per heavy atom. The zero-order chi connectivity index (χ0) is 30.9. The summed E-state index contributed by atoms with van der Waals surface area (Å²) in [6.07, 6.45) is 10.5. The number of rotatable bonds is 5. The van der Waals surface area contributed by atoms with Gasteiger partial charge in [-0.1, -0.05) is 33.8 Å². The number of carbonyl (C=O) groups is 3. The Labute approximate surface area is 262 Å². The van der Waals surface area contributed by atoms with Crippen molar-refractivity contribution in [3.8, 4) is 0 Å². The van der Waals surface area contributed by atoms with Crippen molar-refractivity contribution in [1.82, 2.24) is 15.6 Å². The van der Waals surface area contributed by atoms with Gasteiger partial charge in [-0.2, -0.15) is 0 Å². The molecular formula is C36H51N3O5. The number of carbonyl (C=O) groups excluding carboxylic acids is 3. The molecule has 1 spiro atoms. The van der Waals surface area contributed by atoms with Crippen LogP contribution >= 0.6 is 0 Å². The summed E-state index contributed by atoms with van der Waals surface area (Å²) in [5, 5.41) is 5.97. The van der Waals surface area contributed by atoms with Crippen LogP contribution in [0, 0.1) is 52.3 Å². The van der Waals surface area contributed by atoms with E-state index in [1.165, 1.54) is 0 Å². The minimum atomic E-state index is -0.501. The molecule has 12 atom stereocenters. The van der Waals surface area contributed by atoms with Crippen LogP contribution in [-0.2, 0) is 30.4 Å². The van der Waals surface area contributed by atoms with Crippen LogP contribution in [0.4, 0.5) is 0 Å². The predicted octanol–water partition coefficient (Wildman–Crippen LogP) is 5.20. The Balaban J connectivity index is 0.977. The summed E-state index contributed by atoms with van der Waals surface area (Å²) >= 11 is 0. The van der Waals surface area contributed by atoms with E-state index in [1.54, 1.807) is 6.20 Å². The Morgan fingerprint density at radius 3 is 2.61 bits per heavy atom. The molecule has 6 aliphatic rings. The number of nitrogens with one attached hydrogen (secondary N) is 2.